The van der Waals surface area contributed by atoms with Gasteiger partial charge in [0.25, 0.3) is 5.91 Å². The Morgan fingerprint density at radius 3 is 2.26 bits per heavy atom. The lowest BCUT2D eigenvalue weighted by atomic mass is 9.91. The third-order valence-corrected chi connectivity index (χ3v) is 9.08. The van der Waals surface area contributed by atoms with Crippen LogP contribution in [0.1, 0.15) is 78.4 Å². The molecule has 0 spiro atoms. The highest BCUT2D eigenvalue weighted by Gasteiger charge is 2.35. The van der Waals surface area contributed by atoms with Crippen molar-refractivity contribution in [3.8, 4) is 11.5 Å². The van der Waals surface area contributed by atoms with Crippen LogP contribution in [0.25, 0.3) is 0 Å². The third kappa shape index (κ3) is 6.89. The van der Waals surface area contributed by atoms with Gasteiger partial charge in [-0.25, -0.2) is 0 Å². The van der Waals surface area contributed by atoms with Crippen LogP contribution in [0.15, 0.2) is 72.8 Å². The minimum absolute atomic E-state index is 0.00887. The van der Waals surface area contributed by atoms with Gasteiger partial charge >= 0.3 is 5.97 Å². The van der Waals surface area contributed by atoms with E-state index in [1.165, 1.54) is 0 Å². The predicted octanol–water partition coefficient (Wildman–Crippen LogP) is 6.54. The largest absolute Gasteiger partial charge is 0.508 e. The highest BCUT2D eigenvalue weighted by atomic mass is 16.5. The summed E-state index contributed by atoms with van der Waals surface area (Å²) >= 11 is 0. The molecule has 1 heterocycles. The molecule has 6 rings (SSSR count). The molecule has 3 aliphatic rings. The number of rotatable bonds is 12. The molecule has 3 fully saturated rings. The van der Waals surface area contributed by atoms with E-state index in [9.17, 15) is 19.8 Å². The van der Waals surface area contributed by atoms with E-state index in [1.54, 1.807) is 18.2 Å². The number of hydrogen-bond acceptors (Lipinski definition) is 5. The molecule has 42 heavy (non-hydrogen) atoms. The van der Waals surface area contributed by atoms with E-state index in [0.29, 0.717) is 29.9 Å². The van der Waals surface area contributed by atoms with Crippen LogP contribution in [-0.2, 0) is 4.79 Å². The Hall–Kier alpha value is -4.00. The van der Waals surface area contributed by atoms with Crippen LogP contribution in [0.2, 0.25) is 0 Å². The summed E-state index contributed by atoms with van der Waals surface area (Å²) in [5.41, 5.74) is 3.54. The first kappa shape index (κ1) is 28.1. The summed E-state index contributed by atoms with van der Waals surface area (Å²) in [5, 5.41) is 23.0. The van der Waals surface area contributed by atoms with Gasteiger partial charge in [0.15, 0.2) is 0 Å². The van der Waals surface area contributed by atoms with Gasteiger partial charge in [-0.1, -0.05) is 42.5 Å². The zero-order valence-electron chi connectivity index (χ0n) is 24.0. The SMILES string of the molecule is O=C(O)CC(c1cccc(OCC2CCN(c3cc(O)ccc3C(=O)NC(c3ccccc3)C3CC3)CC2)c1)C1CC1. The fourth-order valence-corrected chi connectivity index (χ4v) is 6.39. The van der Waals surface area contributed by atoms with Crippen molar-refractivity contribution in [1.29, 1.82) is 0 Å². The molecular formula is C35H40N2O5. The van der Waals surface area contributed by atoms with Crippen molar-refractivity contribution >= 4 is 17.6 Å². The van der Waals surface area contributed by atoms with Crippen LogP contribution in [0.3, 0.4) is 0 Å². The molecule has 2 unspecified atom stereocenters. The monoisotopic (exact) mass is 568 g/mol. The van der Waals surface area contributed by atoms with Gasteiger partial charge in [-0.3, -0.25) is 9.59 Å². The van der Waals surface area contributed by atoms with E-state index in [1.807, 2.05) is 42.5 Å². The van der Waals surface area contributed by atoms with Gasteiger partial charge in [-0.15, -0.1) is 0 Å². The van der Waals surface area contributed by atoms with Crippen molar-refractivity contribution in [2.24, 2.45) is 17.8 Å². The number of carbonyl (C=O) groups excluding carboxylic acids is 1. The van der Waals surface area contributed by atoms with Crippen molar-refractivity contribution in [2.75, 3.05) is 24.6 Å². The zero-order chi connectivity index (χ0) is 29.1. The molecular weight excluding hydrogens is 528 g/mol. The van der Waals surface area contributed by atoms with Crippen LogP contribution in [0.5, 0.6) is 11.5 Å². The lowest BCUT2D eigenvalue weighted by Crippen LogP contribution is -2.37. The maximum absolute atomic E-state index is 13.6. The molecule has 1 saturated heterocycles. The smallest absolute Gasteiger partial charge is 0.303 e. The summed E-state index contributed by atoms with van der Waals surface area (Å²) in [6.07, 6.45) is 6.41. The molecule has 0 bridgehead atoms. The van der Waals surface area contributed by atoms with Crippen LogP contribution >= 0.6 is 0 Å². The number of carboxylic acids is 1. The van der Waals surface area contributed by atoms with E-state index < -0.39 is 5.97 Å². The Morgan fingerprint density at radius 1 is 0.857 bits per heavy atom. The van der Waals surface area contributed by atoms with Crippen LogP contribution in [0, 0.1) is 17.8 Å². The molecule has 3 N–H and O–H groups in total. The summed E-state index contributed by atoms with van der Waals surface area (Å²) in [6, 6.07) is 23.1. The van der Waals surface area contributed by atoms with Gasteiger partial charge in [-0.05, 0) is 97.6 Å². The average Bonchev–Trinajstić information content (AvgIpc) is 3.93. The van der Waals surface area contributed by atoms with Gasteiger partial charge in [-0.2, -0.15) is 0 Å². The quantitative estimate of drug-likeness (QED) is 0.230. The number of carboxylic acid groups (broad SMARTS) is 1. The molecule has 0 aromatic heterocycles. The van der Waals surface area contributed by atoms with Crippen LogP contribution in [-0.4, -0.2) is 41.8 Å². The highest BCUT2D eigenvalue weighted by Crippen LogP contribution is 2.45. The first-order chi connectivity index (χ1) is 20.4. The standard InChI is InChI=1S/C35H40N2O5/c38-28-13-14-30(35(41)36-34(26-11-12-26)25-5-2-1-3-6-25)32(20-28)37-17-15-23(16-18-37)22-42-29-8-4-7-27(19-29)31(21-33(39)40)24-9-10-24/h1-8,13-14,19-20,23-24,26,31,34,38H,9-12,15-18,21-22H2,(H,36,41)(H,39,40). The van der Waals surface area contributed by atoms with E-state index in [0.717, 1.165) is 74.2 Å². The summed E-state index contributed by atoms with van der Waals surface area (Å²) < 4.78 is 6.21. The molecule has 7 nitrogen and oxygen atoms in total. The summed E-state index contributed by atoms with van der Waals surface area (Å²) in [5.74, 6) is 1.43. The van der Waals surface area contributed by atoms with Crippen LogP contribution < -0.4 is 15.0 Å². The minimum atomic E-state index is -0.753. The van der Waals surface area contributed by atoms with Gasteiger partial charge < -0.3 is 25.2 Å². The maximum Gasteiger partial charge on any atom is 0.303 e. The number of nitrogens with zero attached hydrogens (tertiary/aromatic N) is 1. The molecule has 220 valence electrons. The number of phenols is 1. The molecule has 1 aliphatic heterocycles. The number of amides is 1. The second-order valence-corrected chi connectivity index (χ2v) is 12.3. The van der Waals surface area contributed by atoms with Gasteiger partial charge in [0, 0.05) is 19.2 Å². The van der Waals surface area contributed by atoms with E-state index in [2.05, 4.69) is 22.3 Å². The number of ether oxygens (including phenoxy) is 1. The topological polar surface area (TPSA) is 99.1 Å². The van der Waals surface area contributed by atoms with Crippen molar-refractivity contribution in [2.45, 2.75) is 56.9 Å². The predicted molar refractivity (Wildman–Crippen MR) is 162 cm³/mol. The Labute approximate surface area is 247 Å². The van der Waals surface area contributed by atoms with Gasteiger partial charge in [0.05, 0.1) is 30.3 Å². The van der Waals surface area contributed by atoms with Crippen LogP contribution in [0.4, 0.5) is 5.69 Å². The molecule has 2 atom stereocenters. The number of aliphatic carboxylic acids is 1. The number of carbonyl (C=O) groups is 2. The summed E-state index contributed by atoms with van der Waals surface area (Å²) in [6.45, 7) is 2.13. The molecule has 3 aromatic rings. The highest BCUT2D eigenvalue weighted by molar-refractivity contribution is 6.00. The van der Waals surface area contributed by atoms with Crippen molar-refractivity contribution < 1.29 is 24.5 Å². The number of aromatic hydroxyl groups is 1. The molecule has 2 saturated carbocycles. The van der Waals surface area contributed by atoms with E-state index in [4.69, 9.17) is 4.74 Å². The zero-order valence-corrected chi connectivity index (χ0v) is 24.0. The van der Waals surface area contributed by atoms with Crippen molar-refractivity contribution in [3.63, 3.8) is 0 Å². The minimum Gasteiger partial charge on any atom is -0.508 e. The van der Waals surface area contributed by atoms with Gasteiger partial charge in [0.2, 0.25) is 0 Å². The lowest BCUT2D eigenvalue weighted by Gasteiger charge is -2.34. The van der Waals surface area contributed by atoms with Gasteiger partial charge in [0.1, 0.15) is 11.5 Å². The lowest BCUT2D eigenvalue weighted by molar-refractivity contribution is -0.137. The first-order valence-corrected chi connectivity index (χ1v) is 15.3. The number of hydrogen-bond donors (Lipinski definition) is 3. The summed E-state index contributed by atoms with van der Waals surface area (Å²) in [4.78, 5) is 27.2. The second-order valence-electron chi connectivity index (χ2n) is 12.3. The number of phenolic OH excluding ortho intramolecular Hbond substituents is 1. The number of anilines is 1. The third-order valence-electron chi connectivity index (χ3n) is 9.08. The number of piperidine rings is 1. The fraction of sp³-hybridized carbons (Fsp3) is 0.429. The summed E-state index contributed by atoms with van der Waals surface area (Å²) in [7, 11) is 0. The van der Waals surface area contributed by atoms with E-state index in [-0.39, 0.29) is 30.0 Å². The average molecular weight is 569 g/mol. The Kier molecular flexibility index (Phi) is 8.36. The first-order valence-electron chi connectivity index (χ1n) is 15.3. The molecule has 1 amide bonds. The van der Waals surface area contributed by atoms with E-state index >= 15 is 0 Å². The molecule has 3 aromatic carbocycles. The Bertz CT molecular complexity index is 1390. The molecule has 7 heteroatoms. The number of benzene rings is 3. The normalized spacial score (nSPS) is 18.7. The second kappa shape index (κ2) is 12.5. The van der Waals surface area contributed by atoms with Crippen molar-refractivity contribution in [3.05, 3.63) is 89.5 Å². The molecule has 2 aliphatic carbocycles. The Balaban J connectivity index is 1.07. The fourth-order valence-electron chi connectivity index (χ4n) is 6.39. The maximum atomic E-state index is 13.6. The van der Waals surface area contributed by atoms with Crippen molar-refractivity contribution in [1.82, 2.24) is 5.32 Å². The number of nitrogens with one attached hydrogen (secondary N) is 1. The molecule has 0 radical (unpaired) electrons. The Morgan fingerprint density at radius 2 is 1.57 bits per heavy atom.